The Balaban J connectivity index is 1.81. The van der Waals surface area contributed by atoms with Crippen LogP contribution in [0.15, 0.2) is 18.3 Å². The average molecular weight is 250 g/mol. The maximum absolute atomic E-state index is 5.60. The molecule has 18 heavy (non-hydrogen) atoms. The number of hydrogen-bond acceptors (Lipinski definition) is 5. The van der Waals surface area contributed by atoms with Gasteiger partial charge in [-0.15, -0.1) is 0 Å². The van der Waals surface area contributed by atoms with Crippen molar-refractivity contribution >= 4 is 5.82 Å². The van der Waals surface area contributed by atoms with Gasteiger partial charge in [0.25, 0.3) is 0 Å². The predicted molar refractivity (Wildman–Crippen MR) is 73.1 cm³/mol. The molecule has 1 aliphatic heterocycles. The highest BCUT2D eigenvalue weighted by Crippen LogP contribution is 2.16. The van der Waals surface area contributed by atoms with Crippen molar-refractivity contribution in [2.24, 2.45) is 5.73 Å². The lowest BCUT2D eigenvalue weighted by atomic mass is 10.3. The molecule has 0 aliphatic carbocycles. The highest BCUT2D eigenvalue weighted by atomic mass is 16.5. The molecule has 0 spiro atoms. The van der Waals surface area contributed by atoms with Crippen LogP contribution in [0.4, 0.5) is 5.82 Å². The van der Waals surface area contributed by atoms with Crippen LogP contribution in [0.25, 0.3) is 0 Å². The van der Waals surface area contributed by atoms with Crippen LogP contribution >= 0.6 is 0 Å². The van der Waals surface area contributed by atoms with Crippen LogP contribution in [0.2, 0.25) is 0 Å². The summed E-state index contributed by atoms with van der Waals surface area (Å²) in [4.78, 5) is 6.74. The molecule has 1 aromatic heterocycles. The van der Waals surface area contributed by atoms with Crippen molar-refractivity contribution in [2.75, 3.05) is 44.2 Å². The number of ether oxygens (including phenoxy) is 1. The van der Waals surface area contributed by atoms with E-state index in [1.807, 2.05) is 12.1 Å². The molecule has 0 saturated carbocycles. The summed E-state index contributed by atoms with van der Waals surface area (Å²) in [6, 6.07) is 4.02. The Morgan fingerprint density at radius 1 is 1.28 bits per heavy atom. The van der Waals surface area contributed by atoms with Gasteiger partial charge in [0.1, 0.15) is 11.6 Å². The molecule has 5 nitrogen and oxygen atoms in total. The molecule has 100 valence electrons. The van der Waals surface area contributed by atoms with Crippen LogP contribution in [0, 0.1) is 0 Å². The van der Waals surface area contributed by atoms with E-state index in [4.69, 9.17) is 10.5 Å². The van der Waals surface area contributed by atoms with Gasteiger partial charge in [0.15, 0.2) is 0 Å². The molecule has 1 fully saturated rings. The minimum atomic E-state index is 0.714. The second-order valence-corrected chi connectivity index (χ2v) is 4.43. The largest absolute Gasteiger partial charge is 0.492 e. The number of aromatic nitrogens is 1. The summed E-state index contributed by atoms with van der Waals surface area (Å²) >= 11 is 0. The van der Waals surface area contributed by atoms with E-state index in [2.05, 4.69) is 15.2 Å². The number of hydrogen-bond donors (Lipinski definition) is 2. The monoisotopic (exact) mass is 250 g/mol. The van der Waals surface area contributed by atoms with Gasteiger partial charge in [-0.3, -0.25) is 0 Å². The fraction of sp³-hybridized carbons (Fsp3) is 0.615. The Morgan fingerprint density at radius 2 is 2.11 bits per heavy atom. The molecule has 1 aromatic rings. The lowest BCUT2D eigenvalue weighted by molar-refractivity contribution is 0.306. The molecule has 3 N–H and O–H groups in total. The molecule has 0 unspecified atom stereocenters. The van der Waals surface area contributed by atoms with Crippen molar-refractivity contribution < 1.29 is 4.74 Å². The van der Waals surface area contributed by atoms with Crippen LogP contribution in [0.3, 0.4) is 0 Å². The van der Waals surface area contributed by atoms with E-state index in [1.54, 1.807) is 6.20 Å². The van der Waals surface area contributed by atoms with Crippen LogP contribution in [-0.2, 0) is 0 Å². The zero-order valence-corrected chi connectivity index (χ0v) is 10.8. The minimum absolute atomic E-state index is 0.714. The number of unbranched alkanes of at least 4 members (excludes halogenated alkanes) is 1. The first-order chi connectivity index (χ1) is 8.90. The van der Waals surface area contributed by atoms with Gasteiger partial charge >= 0.3 is 0 Å². The Labute approximate surface area is 108 Å². The van der Waals surface area contributed by atoms with Gasteiger partial charge in [-0.05, 0) is 31.5 Å². The normalized spacial score (nSPS) is 15.7. The Bertz CT molecular complexity index is 335. The van der Waals surface area contributed by atoms with E-state index in [1.165, 1.54) is 0 Å². The molecule has 0 radical (unpaired) electrons. The molecule has 2 heterocycles. The SMILES string of the molecule is NCCCCOc1ccc(N2CCNCC2)nc1. The molecule has 1 saturated heterocycles. The van der Waals surface area contributed by atoms with Crippen LogP contribution in [-0.4, -0.2) is 44.3 Å². The van der Waals surface area contributed by atoms with Gasteiger partial charge in [-0.1, -0.05) is 0 Å². The molecular formula is C13H22N4O. The van der Waals surface area contributed by atoms with Crippen molar-refractivity contribution in [1.29, 1.82) is 0 Å². The molecule has 0 aromatic carbocycles. The highest BCUT2D eigenvalue weighted by Gasteiger charge is 2.11. The Hall–Kier alpha value is -1.33. The van der Waals surface area contributed by atoms with Crippen molar-refractivity contribution in [3.05, 3.63) is 18.3 Å². The fourth-order valence-corrected chi connectivity index (χ4v) is 1.98. The smallest absolute Gasteiger partial charge is 0.137 e. The van der Waals surface area contributed by atoms with Crippen LogP contribution < -0.4 is 20.7 Å². The van der Waals surface area contributed by atoms with Crippen molar-refractivity contribution in [3.8, 4) is 5.75 Å². The lowest BCUT2D eigenvalue weighted by Gasteiger charge is -2.28. The van der Waals surface area contributed by atoms with Crippen LogP contribution in [0.1, 0.15) is 12.8 Å². The second kappa shape index (κ2) is 7.18. The van der Waals surface area contributed by atoms with Gasteiger partial charge in [0.05, 0.1) is 12.8 Å². The molecule has 1 aliphatic rings. The summed E-state index contributed by atoms with van der Waals surface area (Å²) in [5, 5.41) is 3.33. The lowest BCUT2D eigenvalue weighted by Crippen LogP contribution is -2.43. The summed E-state index contributed by atoms with van der Waals surface area (Å²) in [7, 11) is 0. The first-order valence-corrected chi connectivity index (χ1v) is 6.65. The zero-order valence-electron chi connectivity index (χ0n) is 10.8. The van der Waals surface area contributed by atoms with E-state index in [-0.39, 0.29) is 0 Å². The quantitative estimate of drug-likeness (QED) is 0.724. The molecule has 2 rings (SSSR count). The fourth-order valence-electron chi connectivity index (χ4n) is 1.98. The standard InChI is InChI=1S/C13H22N4O/c14-5-1-2-10-18-12-3-4-13(16-11-12)17-8-6-15-7-9-17/h3-4,11,15H,1-2,5-10,14H2. The summed E-state index contributed by atoms with van der Waals surface area (Å²) in [6.07, 6.45) is 3.81. The highest BCUT2D eigenvalue weighted by molar-refractivity contribution is 5.41. The first kappa shape index (κ1) is 13.1. The van der Waals surface area contributed by atoms with E-state index in [0.29, 0.717) is 6.61 Å². The second-order valence-electron chi connectivity index (χ2n) is 4.43. The Kier molecular flexibility index (Phi) is 5.23. The number of nitrogens with zero attached hydrogens (tertiary/aromatic N) is 2. The van der Waals surface area contributed by atoms with E-state index >= 15 is 0 Å². The summed E-state index contributed by atoms with van der Waals surface area (Å²) in [6.45, 7) is 5.53. The van der Waals surface area contributed by atoms with Gasteiger partial charge < -0.3 is 20.7 Å². The maximum Gasteiger partial charge on any atom is 0.137 e. The minimum Gasteiger partial charge on any atom is -0.492 e. The number of nitrogens with one attached hydrogen (secondary N) is 1. The molecule has 0 amide bonds. The predicted octanol–water partition coefficient (Wildman–Crippen LogP) is 0.609. The summed E-state index contributed by atoms with van der Waals surface area (Å²) in [5.74, 6) is 1.87. The zero-order chi connectivity index (χ0) is 12.6. The summed E-state index contributed by atoms with van der Waals surface area (Å²) < 4.78 is 5.60. The third kappa shape index (κ3) is 3.85. The number of rotatable bonds is 6. The Morgan fingerprint density at radius 3 is 2.78 bits per heavy atom. The van der Waals surface area contributed by atoms with E-state index in [0.717, 1.165) is 57.1 Å². The van der Waals surface area contributed by atoms with Gasteiger partial charge in [0, 0.05) is 26.2 Å². The summed E-state index contributed by atoms with van der Waals surface area (Å²) in [5.41, 5.74) is 5.43. The number of nitrogens with two attached hydrogens (primary N) is 1. The molecule has 5 heteroatoms. The van der Waals surface area contributed by atoms with Gasteiger partial charge in [-0.2, -0.15) is 0 Å². The maximum atomic E-state index is 5.60. The number of anilines is 1. The average Bonchev–Trinajstić information content (AvgIpc) is 2.45. The molecular weight excluding hydrogens is 228 g/mol. The number of pyridine rings is 1. The van der Waals surface area contributed by atoms with Gasteiger partial charge in [-0.25, -0.2) is 4.98 Å². The third-order valence-electron chi connectivity index (χ3n) is 3.03. The third-order valence-corrected chi connectivity index (χ3v) is 3.03. The van der Waals surface area contributed by atoms with Crippen molar-refractivity contribution in [3.63, 3.8) is 0 Å². The van der Waals surface area contributed by atoms with Crippen LogP contribution in [0.5, 0.6) is 5.75 Å². The van der Waals surface area contributed by atoms with Gasteiger partial charge in [0.2, 0.25) is 0 Å². The van der Waals surface area contributed by atoms with E-state index < -0.39 is 0 Å². The van der Waals surface area contributed by atoms with Crippen molar-refractivity contribution in [1.82, 2.24) is 10.3 Å². The topological polar surface area (TPSA) is 63.4 Å². The van der Waals surface area contributed by atoms with Crippen molar-refractivity contribution in [2.45, 2.75) is 12.8 Å². The van der Waals surface area contributed by atoms with E-state index in [9.17, 15) is 0 Å². The molecule has 0 bridgehead atoms. The first-order valence-electron chi connectivity index (χ1n) is 6.65. The molecule has 0 atom stereocenters. The number of piperazine rings is 1.